The fraction of sp³-hybridized carbons (Fsp3) is 0. The highest BCUT2D eigenvalue weighted by Gasteiger charge is 2.02. The number of amides is 1. The van der Waals surface area contributed by atoms with Crippen molar-refractivity contribution in [2.24, 2.45) is 5.10 Å². The number of hydrogen-bond acceptors (Lipinski definition) is 4. The molecule has 0 spiro atoms. The van der Waals surface area contributed by atoms with Crippen LogP contribution in [-0.4, -0.2) is 12.1 Å². The Morgan fingerprint density at radius 2 is 1.84 bits per heavy atom. The highest BCUT2D eigenvalue weighted by molar-refractivity contribution is 5.95. The number of benzene rings is 2. The fourth-order valence-corrected chi connectivity index (χ4v) is 1.52. The van der Waals surface area contributed by atoms with Gasteiger partial charge in [0, 0.05) is 22.5 Å². The number of nitrogen functional groups attached to an aromatic ring is 2. The second-order valence-electron chi connectivity index (χ2n) is 3.95. The molecule has 5 N–H and O–H groups in total. The Morgan fingerprint density at radius 3 is 2.58 bits per heavy atom. The Labute approximate surface area is 110 Å². The zero-order valence-electron chi connectivity index (χ0n) is 10.2. The molecule has 0 radical (unpaired) electrons. The molecular formula is C14H14N4O. The highest BCUT2D eigenvalue weighted by atomic mass is 16.2. The largest absolute Gasteiger partial charge is 0.399 e. The summed E-state index contributed by atoms with van der Waals surface area (Å²) in [5, 5.41) is 3.86. The Bertz CT molecular complexity index is 608. The monoisotopic (exact) mass is 254 g/mol. The summed E-state index contributed by atoms with van der Waals surface area (Å²) in [4.78, 5) is 11.7. The van der Waals surface area contributed by atoms with E-state index in [9.17, 15) is 4.79 Å². The molecule has 5 heteroatoms. The topological polar surface area (TPSA) is 93.5 Å². The smallest absolute Gasteiger partial charge is 0.271 e. The van der Waals surface area contributed by atoms with Crippen LogP contribution in [0, 0.1) is 0 Å². The first-order valence-corrected chi connectivity index (χ1v) is 5.70. The number of carbonyl (C=O) groups is 1. The van der Waals surface area contributed by atoms with Crippen molar-refractivity contribution in [1.29, 1.82) is 0 Å². The van der Waals surface area contributed by atoms with Crippen LogP contribution in [0.15, 0.2) is 53.6 Å². The molecule has 0 aliphatic rings. The van der Waals surface area contributed by atoms with E-state index in [2.05, 4.69) is 10.5 Å². The van der Waals surface area contributed by atoms with E-state index in [1.807, 2.05) is 6.07 Å². The van der Waals surface area contributed by atoms with Gasteiger partial charge in [-0.1, -0.05) is 18.2 Å². The maximum absolute atomic E-state index is 11.7. The average Bonchev–Trinajstić information content (AvgIpc) is 2.43. The lowest BCUT2D eigenvalue weighted by Crippen LogP contribution is -2.17. The first-order valence-electron chi connectivity index (χ1n) is 5.70. The number of nitrogens with one attached hydrogen (secondary N) is 1. The van der Waals surface area contributed by atoms with Crippen LogP contribution < -0.4 is 16.9 Å². The molecule has 2 aromatic carbocycles. The second kappa shape index (κ2) is 5.68. The summed E-state index contributed by atoms with van der Waals surface area (Å²) in [5.74, 6) is -0.278. The third-order valence-corrected chi connectivity index (χ3v) is 2.52. The van der Waals surface area contributed by atoms with E-state index in [0.29, 0.717) is 22.5 Å². The van der Waals surface area contributed by atoms with Crippen molar-refractivity contribution in [3.05, 3.63) is 59.7 Å². The lowest BCUT2D eigenvalue weighted by molar-refractivity contribution is 0.0955. The van der Waals surface area contributed by atoms with Gasteiger partial charge in [-0.25, -0.2) is 5.43 Å². The first kappa shape index (κ1) is 12.6. The molecule has 0 aliphatic carbocycles. The Kier molecular flexibility index (Phi) is 3.78. The van der Waals surface area contributed by atoms with Crippen molar-refractivity contribution < 1.29 is 4.79 Å². The number of carbonyl (C=O) groups excluding carboxylic acids is 1. The number of nitrogens with two attached hydrogens (primary N) is 2. The van der Waals surface area contributed by atoms with Gasteiger partial charge in [0.15, 0.2) is 0 Å². The SMILES string of the molecule is Nc1ccc(N)c(C=NNC(=O)c2ccccc2)c1. The van der Waals surface area contributed by atoms with Crippen molar-refractivity contribution in [3.63, 3.8) is 0 Å². The van der Waals surface area contributed by atoms with Gasteiger partial charge in [-0.15, -0.1) is 0 Å². The van der Waals surface area contributed by atoms with Gasteiger partial charge >= 0.3 is 0 Å². The Morgan fingerprint density at radius 1 is 1.11 bits per heavy atom. The number of hydrogen-bond donors (Lipinski definition) is 3. The van der Waals surface area contributed by atoms with Crippen molar-refractivity contribution in [3.8, 4) is 0 Å². The zero-order chi connectivity index (χ0) is 13.7. The molecule has 0 atom stereocenters. The Hall–Kier alpha value is -2.82. The lowest BCUT2D eigenvalue weighted by atomic mass is 10.2. The molecule has 2 rings (SSSR count). The maximum atomic E-state index is 11.7. The molecule has 96 valence electrons. The summed E-state index contributed by atoms with van der Waals surface area (Å²) in [6, 6.07) is 13.9. The molecule has 19 heavy (non-hydrogen) atoms. The lowest BCUT2D eigenvalue weighted by Gasteiger charge is -2.02. The van der Waals surface area contributed by atoms with E-state index in [-0.39, 0.29) is 5.91 Å². The fourth-order valence-electron chi connectivity index (χ4n) is 1.52. The van der Waals surface area contributed by atoms with E-state index in [1.54, 1.807) is 42.5 Å². The number of anilines is 2. The number of rotatable bonds is 3. The quantitative estimate of drug-likeness (QED) is 0.441. The van der Waals surface area contributed by atoms with Crippen molar-refractivity contribution in [2.75, 3.05) is 11.5 Å². The summed E-state index contributed by atoms with van der Waals surface area (Å²) in [5.41, 5.74) is 16.2. The number of hydrazone groups is 1. The van der Waals surface area contributed by atoms with Gasteiger partial charge in [-0.05, 0) is 30.3 Å². The van der Waals surface area contributed by atoms with Crippen LogP contribution in [0.3, 0.4) is 0 Å². The summed E-state index contributed by atoms with van der Waals surface area (Å²) in [6.07, 6.45) is 1.46. The van der Waals surface area contributed by atoms with Gasteiger partial charge in [-0.2, -0.15) is 5.10 Å². The van der Waals surface area contributed by atoms with Crippen LogP contribution in [0.4, 0.5) is 11.4 Å². The van der Waals surface area contributed by atoms with E-state index in [1.165, 1.54) is 6.21 Å². The van der Waals surface area contributed by atoms with E-state index in [0.717, 1.165) is 0 Å². The first-order chi connectivity index (χ1) is 9.16. The summed E-state index contributed by atoms with van der Waals surface area (Å²) >= 11 is 0. The Balaban J connectivity index is 2.04. The summed E-state index contributed by atoms with van der Waals surface area (Å²) < 4.78 is 0. The van der Waals surface area contributed by atoms with Crippen LogP contribution in [-0.2, 0) is 0 Å². The van der Waals surface area contributed by atoms with Crippen LogP contribution in [0.1, 0.15) is 15.9 Å². The van der Waals surface area contributed by atoms with Gasteiger partial charge in [0.05, 0.1) is 6.21 Å². The minimum atomic E-state index is -0.278. The third kappa shape index (κ3) is 3.32. The maximum Gasteiger partial charge on any atom is 0.271 e. The summed E-state index contributed by atoms with van der Waals surface area (Å²) in [7, 11) is 0. The molecule has 5 nitrogen and oxygen atoms in total. The standard InChI is InChI=1S/C14H14N4O/c15-12-6-7-13(16)11(8-12)9-17-18-14(19)10-4-2-1-3-5-10/h1-9H,15-16H2,(H,18,19). The van der Waals surface area contributed by atoms with Gasteiger partial charge in [0.25, 0.3) is 5.91 Å². The minimum Gasteiger partial charge on any atom is -0.399 e. The van der Waals surface area contributed by atoms with Crippen LogP contribution in [0.2, 0.25) is 0 Å². The average molecular weight is 254 g/mol. The normalized spacial score (nSPS) is 10.5. The van der Waals surface area contributed by atoms with Gasteiger partial charge < -0.3 is 11.5 Å². The zero-order valence-corrected chi connectivity index (χ0v) is 10.2. The van der Waals surface area contributed by atoms with Crippen LogP contribution >= 0.6 is 0 Å². The molecule has 2 aromatic rings. The van der Waals surface area contributed by atoms with Gasteiger partial charge in [-0.3, -0.25) is 4.79 Å². The van der Waals surface area contributed by atoms with E-state index in [4.69, 9.17) is 11.5 Å². The van der Waals surface area contributed by atoms with Crippen molar-refractivity contribution in [1.82, 2.24) is 5.43 Å². The number of nitrogens with zero attached hydrogens (tertiary/aromatic N) is 1. The van der Waals surface area contributed by atoms with Gasteiger partial charge in [0.2, 0.25) is 0 Å². The third-order valence-electron chi connectivity index (χ3n) is 2.52. The molecule has 0 aliphatic heterocycles. The van der Waals surface area contributed by atoms with Gasteiger partial charge in [0.1, 0.15) is 0 Å². The highest BCUT2D eigenvalue weighted by Crippen LogP contribution is 2.13. The predicted octanol–water partition coefficient (Wildman–Crippen LogP) is 1.61. The molecule has 0 saturated heterocycles. The molecule has 0 bridgehead atoms. The molecule has 1 amide bonds. The molecule has 0 fully saturated rings. The van der Waals surface area contributed by atoms with Crippen molar-refractivity contribution in [2.45, 2.75) is 0 Å². The van der Waals surface area contributed by atoms with Crippen molar-refractivity contribution >= 4 is 23.5 Å². The van der Waals surface area contributed by atoms with E-state index < -0.39 is 0 Å². The second-order valence-corrected chi connectivity index (χ2v) is 3.95. The molecule has 0 saturated carbocycles. The molecule has 0 heterocycles. The van der Waals surface area contributed by atoms with Crippen LogP contribution in [0.5, 0.6) is 0 Å². The minimum absolute atomic E-state index is 0.278. The molecular weight excluding hydrogens is 240 g/mol. The van der Waals surface area contributed by atoms with E-state index >= 15 is 0 Å². The summed E-state index contributed by atoms with van der Waals surface area (Å²) in [6.45, 7) is 0. The molecule has 0 aromatic heterocycles. The van der Waals surface area contributed by atoms with Crippen LogP contribution in [0.25, 0.3) is 0 Å². The molecule has 0 unspecified atom stereocenters. The predicted molar refractivity (Wildman–Crippen MR) is 76.8 cm³/mol.